The van der Waals surface area contributed by atoms with Gasteiger partial charge in [-0.3, -0.25) is 4.79 Å². The van der Waals surface area contributed by atoms with E-state index in [0.717, 1.165) is 12.0 Å². The van der Waals surface area contributed by atoms with E-state index in [1.54, 1.807) is 7.11 Å². The van der Waals surface area contributed by atoms with Gasteiger partial charge in [-0.05, 0) is 29.0 Å². The van der Waals surface area contributed by atoms with Crippen molar-refractivity contribution in [2.75, 3.05) is 13.7 Å². The first-order valence-electron chi connectivity index (χ1n) is 6.63. The van der Waals surface area contributed by atoms with Crippen LogP contribution in [0.25, 0.3) is 0 Å². The van der Waals surface area contributed by atoms with Crippen LogP contribution in [-0.4, -0.2) is 19.5 Å². The van der Waals surface area contributed by atoms with Gasteiger partial charge in [-0.2, -0.15) is 0 Å². The van der Waals surface area contributed by atoms with E-state index in [-0.39, 0.29) is 11.9 Å². The number of carbonyl (C=O) groups is 1. The standard InChI is InChI=1S/C16H16O3S/c1-18-14-7-9-20-16(14)13(17)10-15-12-5-3-2-4-11(12)6-8-19-15/h2-5,7,9,15H,6,8,10H2,1H3. The highest BCUT2D eigenvalue weighted by atomic mass is 32.1. The van der Waals surface area contributed by atoms with Crippen LogP contribution in [0.2, 0.25) is 0 Å². The molecule has 0 fully saturated rings. The highest BCUT2D eigenvalue weighted by molar-refractivity contribution is 7.12. The summed E-state index contributed by atoms with van der Waals surface area (Å²) < 4.78 is 11.0. The smallest absolute Gasteiger partial charge is 0.179 e. The molecule has 3 nitrogen and oxygen atoms in total. The molecule has 0 saturated carbocycles. The number of hydrogen-bond donors (Lipinski definition) is 0. The van der Waals surface area contributed by atoms with Gasteiger partial charge < -0.3 is 9.47 Å². The Morgan fingerprint density at radius 1 is 1.40 bits per heavy atom. The normalized spacial score (nSPS) is 17.6. The molecule has 3 rings (SSSR count). The van der Waals surface area contributed by atoms with Gasteiger partial charge in [0, 0.05) is 6.42 Å². The number of benzene rings is 1. The van der Waals surface area contributed by atoms with Gasteiger partial charge in [-0.1, -0.05) is 24.3 Å². The number of hydrogen-bond acceptors (Lipinski definition) is 4. The lowest BCUT2D eigenvalue weighted by Gasteiger charge is -2.25. The van der Waals surface area contributed by atoms with Crippen molar-refractivity contribution in [3.8, 4) is 5.75 Å². The Labute approximate surface area is 122 Å². The topological polar surface area (TPSA) is 35.5 Å². The maximum absolute atomic E-state index is 12.4. The summed E-state index contributed by atoms with van der Waals surface area (Å²) in [5.41, 5.74) is 2.43. The number of rotatable bonds is 4. The number of methoxy groups -OCH3 is 1. The summed E-state index contributed by atoms with van der Waals surface area (Å²) in [4.78, 5) is 13.1. The number of fused-ring (bicyclic) bond motifs is 1. The molecule has 2 heterocycles. The minimum atomic E-state index is -0.140. The van der Waals surface area contributed by atoms with Crippen LogP contribution in [0.3, 0.4) is 0 Å². The van der Waals surface area contributed by atoms with Crippen molar-refractivity contribution >= 4 is 17.1 Å². The van der Waals surface area contributed by atoms with Crippen molar-refractivity contribution in [1.82, 2.24) is 0 Å². The van der Waals surface area contributed by atoms with E-state index in [4.69, 9.17) is 9.47 Å². The lowest BCUT2D eigenvalue weighted by molar-refractivity contribution is 0.0352. The molecule has 1 aromatic heterocycles. The minimum absolute atomic E-state index is 0.0820. The zero-order valence-corrected chi connectivity index (χ0v) is 12.1. The average Bonchev–Trinajstić information content (AvgIpc) is 2.96. The summed E-state index contributed by atoms with van der Waals surface area (Å²) in [5, 5.41) is 1.88. The molecule has 1 atom stereocenters. The lowest BCUT2D eigenvalue weighted by atomic mass is 9.94. The van der Waals surface area contributed by atoms with E-state index in [0.29, 0.717) is 23.7 Å². The van der Waals surface area contributed by atoms with E-state index in [1.807, 2.05) is 23.6 Å². The van der Waals surface area contributed by atoms with E-state index >= 15 is 0 Å². The van der Waals surface area contributed by atoms with Crippen LogP contribution in [0, 0.1) is 0 Å². The van der Waals surface area contributed by atoms with E-state index < -0.39 is 0 Å². The average molecular weight is 288 g/mol. The van der Waals surface area contributed by atoms with Gasteiger partial charge in [0.1, 0.15) is 10.6 Å². The Morgan fingerprint density at radius 3 is 3.10 bits per heavy atom. The van der Waals surface area contributed by atoms with Crippen LogP contribution < -0.4 is 4.74 Å². The maximum Gasteiger partial charge on any atom is 0.179 e. The number of ether oxygens (including phenoxy) is 2. The van der Waals surface area contributed by atoms with E-state index in [2.05, 4.69) is 12.1 Å². The Balaban J connectivity index is 1.81. The Bertz CT molecular complexity index is 618. The number of ketones is 1. The first-order valence-corrected chi connectivity index (χ1v) is 7.51. The zero-order chi connectivity index (χ0) is 13.9. The van der Waals surface area contributed by atoms with E-state index in [1.165, 1.54) is 16.9 Å². The van der Waals surface area contributed by atoms with Crippen molar-refractivity contribution in [1.29, 1.82) is 0 Å². The summed E-state index contributed by atoms with van der Waals surface area (Å²) in [6, 6.07) is 10.0. The highest BCUT2D eigenvalue weighted by Crippen LogP contribution is 2.33. The summed E-state index contributed by atoms with van der Waals surface area (Å²) in [6.45, 7) is 0.677. The molecule has 20 heavy (non-hydrogen) atoms. The van der Waals surface area contributed by atoms with Crippen molar-refractivity contribution in [3.63, 3.8) is 0 Å². The molecular formula is C16H16O3S. The molecule has 0 spiro atoms. The Hall–Kier alpha value is -1.65. The summed E-state index contributed by atoms with van der Waals surface area (Å²) in [5.74, 6) is 0.739. The summed E-state index contributed by atoms with van der Waals surface area (Å²) in [6.07, 6.45) is 1.15. The number of thiophene rings is 1. The molecule has 4 heteroatoms. The predicted octanol–water partition coefficient (Wildman–Crippen LogP) is 3.64. The highest BCUT2D eigenvalue weighted by Gasteiger charge is 2.25. The quantitative estimate of drug-likeness (QED) is 0.806. The van der Waals surface area contributed by atoms with Crippen molar-refractivity contribution < 1.29 is 14.3 Å². The molecule has 1 aromatic carbocycles. The summed E-state index contributed by atoms with van der Waals surface area (Å²) >= 11 is 1.42. The van der Waals surface area contributed by atoms with Crippen LogP contribution in [0.4, 0.5) is 0 Å². The van der Waals surface area contributed by atoms with E-state index in [9.17, 15) is 4.79 Å². The van der Waals surface area contributed by atoms with Gasteiger partial charge in [-0.15, -0.1) is 11.3 Å². The van der Waals surface area contributed by atoms with Crippen LogP contribution in [-0.2, 0) is 11.2 Å². The fourth-order valence-corrected chi connectivity index (χ4v) is 3.38. The number of Topliss-reactive ketones (excluding diaryl/α,β-unsaturated/α-hetero) is 1. The SMILES string of the molecule is COc1ccsc1C(=O)CC1OCCc2ccccc21. The number of carbonyl (C=O) groups excluding carboxylic acids is 1. The van der Waals surface area contributed by atoms with Gasteiger partial charge in [0.15, 0.2) is 5.78 Å². The third kappa shape index (κ3) is 2.49. The predicted molar refractivity (Wildman–Crippen MR) is 78.7 cm³/mol. The monoisotopic (exact) mass is 288 g/mol. The lowest BCUT2D eigenvalue weighted by Crippen LogP contribution is -2.19. The van der Waals surface area contributed by atoms with Gasteiger partial charge in [0.25, 0.3) is 0 Å². The van der Waals surface area contributed by atoms with Crippen molar-refractivity contribution in [3.05, 3.63) is 51.7 Å². The molecule has 0 saturated heterocycles. The second-order valence-electron chi connectivity index (χ2n) is 4.75. The van der Waals surface area contributed by atoms with Crippen molar-refractivity contribution in [2.45, 2.75) is 18.9 Å². The maximum atomic E-state index is 12.4. The third-order valence-corrected chi connectivity index (χ3v) is 4.50. The molecule has 0 bridgehead atoms. The molecule has 0 aliphatic carbocycles. The molecule has 1 aliphatic heterocycles. The second kappa shape index (κ2) is 5.77. The molecule has 104 valence electrons. The first kappa shape index (κ1) is 13.3. The fourth-order valence-electron chi connectivity index (χ4n) is 2.57. The first-order chi connectivity index (χ1) is 9.79. The molecule has 0 radical (unpaired) electrons. The molecular weight excluding hydrogens is 272 g/mol. The molecule has 2 aromatic rings. The second-order valence-corrected chi connectivity index (χ2v) is 5.67. The molecule has 1 aliphatic rings. The minimum Gasteiger partial charge on any atom is -0.495 e. The largest absolute Gasteiger partial charge is 0.495 e. The Morgan fingerprint density at radius 2 is 2.25 bits per heavy atom. The van der Waals surface area contributed by atoms with Gasteiger partial charge in [0.2, 0.25) is 0 Å². The van der Waals surface area contributed by atoms with Crippen LogP contribution in [0.1, 0.15) is 33.3 Å². The fraction of sp³-hybridized carbons (Fsp3) is 0.312. The zero-order valence-electron chi connectivity index (χ0n) is 11.3. The van der Waals surface area contributed by atoms with Crippen LogP contribution in [0.15, 0.2) is 35.7 Å². The summed E-state index contributed by atoms with van der Waals surface area (Å²) in [7, 11) is 1.59. The van der Waals surface area contributed by atoms with Crippen LogP contribution in [0.5, 0.6) is 5.75 Å². The molecule has 0 N–H and O–H groups in total. The third-order valence-electron chi connectivity index (χ3n) is 3.57. The van der Waals surface area contributed by atoms with Crippen LogP contribution >= 0.6 is 11.3 Å². The van der Waals surface area contributed by atoms with Gasteiger partial charge in [0.05, 0.1) is 19.8 Å². The van der Waals surface area contributed by atoms with Crippen molar-refractivity contribution in [2.24, 2.45) is 0 Å². The van der Waals surface area contributed by atoms with Gasteiger partial charge in [-0.25, -0.2) is 0 Å². The van der Waals surface area contributed by atoms with Gasteiger partial charge >= 0.3 is 0 Å². The molecule has 1 unspecified atom stereocenters. The Kier molecular flexibility index (Phi) is 3.85. The molecule has 0 amide bonds.